The van der Waals surface area contributed by atoms with E-state index in [0.29, 0.717) is 28.6 Å². The van der Waals surface area contributed by atoms with Crippen LogP contribution >= 0.6 is 0 Å². The summed E-state index contributed by atoms with van der Waals surface area (Å²) in [6, 6.07) is 10.7. The average molecular weight is 373 g/mol. The first-order chi connectivity index (χ1) is 13.1. The normalized spacial score (nSPS) is 10.4. The minimum Gasteiger partial charge on any atom is -0.497 e. The van der Waals surface area contributed by atoms with Crippen molar-refractivity contribution in [3.05, 3.63) is 42.0 Å². The number of amides is 1. The number of rotatable bonds is 9. The van der Waals surface area contributed by atoms with Crippen LogP contribution in [0.2, 0.25) is 0 Å². The van der Waals surface area contributed by atoms with Gasteiger partial charge in [-0.1, -0.05) is 6.07 Å². The van der Waals surface area contributed by atoms with Crippen LogP contribution in [0.15, 0.2) is 41.5 Å². The molecule has 2 aromatic carbocycles. The molecule has 0 aromatic heterocycles. The molecule has 0 spiro atoms. The van der Waals surface area contributed by atoms with Crippen LogP contribution in [0.5, 0.6) is 23.0 Å². The molecule has 1 amide bonds. The van der Waals surface area contributed by atoms with Crippen LogP contribution in [0.1, 0.15) is 5.56 Å². The third kappa shape index (κ3) is 5.53. The molecular weight excluding hydrogens is 350 g/mol. The highest BCUT2D eigenvalue weighted by molar-refractivity contribution is 5.89. The molecule has 0 atom stereocenters. The number of benzene rings is 2. The van der Waals surface area contributed by atoms with Gasteiger partial charge < -0.3 is 24.3 Å². The van der Waals surface area contributed by atoms with Crippen molar-refractivity contribution in [1.82, 2.24) is 5.43 Å². The van der Waals surface area contributed by atoms with E-state index in [1.807, 2.05) is 18.2 Å². The van der Waals surface area contributed by atoms with E-state index in [-0.39, 0.29) is 12.5 Å². The molecule has 27 heavy (non-hydrogen) atoms. The van der Waals surface area contributed by atoms with Gasteiger partial charge in [-0.25, -0.2) is 5.43 Å². The summed E-state index contributed by atoms with van der Waals surface area (Å²) in [5, 5.41) is 6.97. The van der Waals surface area contributed by atoms with Gasteiger partial charge in [0.15, 0.2) is 0 Å². The van der Waals surface area contributed by atoms with Gasteiger partial charge in [-0.05, 0) is 12.1 Å². The first-order valence-corrected chi connectivity index (χ1v) is 8.11. The molecule has 8 heteroatoms. The second kappa shape index (κ2) is 9.91. The van der Waals surface area contributed by atoms with Gasteiger partial charge in [-0.15, -0.1) is 0 Å². The Morgan fingerprint density at radius 2 is 1.63 bits per heavy atom. The van der Waals surface area contributed by atoms with E-state index in [1.54, 1.807) is 32.4 Å². The number of hydrogen-bond donors (Lipinski definition) is 2. The lowest BCUT2D eigenvalue weighted by molar-refractivity contribution is -0.119. The van der Waals surface area contributed by atoms with Crippen LogP contribution in [0.4, 0.5) is 5.69 Å². The maximum atomic E-state index is 12.0. The molecule has 0 heterocycles. The number of ether oxygens (including phenoxy) is 4. The van der Waals surface area contributed by atoms with Crippen LogP contribution in [0, 0.1) is 0 Å². The van der Waals surface area contributed by atoms with E-state index in [4.69, 9.17) is 18.9 Å². The zero-order valence-electron chi connectivity index (χ0n) is 15.7. The van der Waals surface area contributed by atoms with Gasteiger partial charge >= 0.3 is 0 Å². The van der Waals surface area contributed by atoms with E-state index in [9.17, 15) is 4.79 Å². The summed E-state index contributed by atoms with van der Waals surface area (Å²) in [6.07, 6.45) is 1.46. The predicted molar refractivity (Wildman–Crippen MR) is 103 cm³/mol. The second-order valence-corrected chi connectivity index (χ2v) is 5.32. The van der Waals surface area contributed by atoms with Gasteiger partial charge in [0.1, 0.15) is 23.0 Å². The van der Waals surface area contributed by atoms with Crippen molar-refractivity contribution in [1.29, 1.82) is 0 Å². The fourth-order valence-corrected chi connectivity index (χ4v) is 2.28. The topological polar surface area (TPSA) is 90.4 Å². The summed E-state index contributed by atoms with van der Waals surface area (Å²) < 4.78 is 21.0. The van der Waals surface area contributed by atoms with E-state index < -0.39 is 0 Å². The van der Waals surface area contributed by atoms with Gasteiger partial charge in [0.2, 0.25) is 0 Å². The summed E-state index contributed by atoms with van der Waals surface area (Å²) in [7, 11) is 6.20. The van der Waals surface area contributed by atoms with Gasteiger partial charge in [0.05, 0.1) is 46.8 Å². The van der Waals surface area contributed by atoms with Crippen LogP contribution in [-0.4, -0.2) is 47.1 Å². The molecule has 2 N–H and O–H groups in total. The molecule has 2 rings (SSSR count). The van der Waals surface area contributed by atoms with Crippen molar-refractivity contribution < 1.29 is 23.7 Å². The molecule has 8 nitrogen and oxygen atoms in total. The lowest BCUT2D eigenvalue weighted by Gasteiger charge is -2.12. The van der Waals surface area contributed by atoms with Crippen molar-refractivity contribution in [2.75, 3.05) is 40.3 Å². The van der Waals surface area contributed by atoms with Crippen LogP contribution in [0.3, 0.4) is 0 Å². The Labute approximate surface area is 158 Å². The van der Waals surface area contributed by atoms with E-state index in [0.717, 1.165) is 5.69 Å². The van der Waals surface area contributed by atoms with Gasteiger partial charge in [0.25, 0.3) is 5.91 Å². The second-order valence-electron chi connectivity index (χ2n) is 5.32. The summed E-state index contributed by atoms with van der Waals surface area (Å²) >= 11 is 0. The standard InChI is InChI=1S/C19H23N3O5/c1-24-14-7-5-6-13(8-14)20-12-19(23)22-21-11-16-17(26-3)9-15(25-2)10-18(16)27-4/h5-11,20H,12H2,1-4H3,(H,22,23)/b21-11-. The highest BCUT2D eigenvalue weighted by atomic mass is 16.5. The fraction of sp³-hybridized carbons (Fsp3) is 0.263. The Morgan fingerprint density at radius 3 is 2.22 bits per heavy atom. The minimum atomic E-state index is -0.305. The lowest BCUT2D eigenvalue weighted by atomic mass is 10.2. The van der Waals surface area contributed by atoms with E-state index in [1.165, 1.54) is 20.4 Å². The SMILES string of the molecule is COc1cccc(NCC(=O)N/N=C\c2c(OC)cc(OC)cc2OC)c1. The Balaban J connectivity index is 1.99. The highest BCUT2D eigenvalue weighted by Gasteiger charge is 2.11. The monoisotopic (exact) mass is 373 g/mol. The van der Waals surface area contributed by atoms with E-state index >= 15 is 0 Å². The molecule has 0 aliphatic carbocycles. The van der Waals surface area contributed by atoms with Crippen molar-refractivity contribution in [2.45, 2.75) is 0 Å². The molecule has 144 valence electrons. The molecule has 0 aliphatic rings. The Bertz CT molecular complexity index is 783. The molecule has 0 aliphatic heterocycles. The first kappa shape index (κ1) is 19.9. The summed E-state index contributed by atoms with van der Waals surface area (Å²) in [5.41, 5.74) is 3.81. The van der Waals surface area contributed by atoms with Crippen molar-refractivity contribution in [2.24, 2.45) is 5.10 Å². The Kier molecular flexibility index (Phi) is 7.30. The number of nitrogens with one attached hydrogen (secondary N) is 2. The maximum Gasteiger partial charge on any atom is 0.259 e. The van der Waals surface area contributed by atoms with Gasteiger partial charge in [-0.3, -0.25) is 4.79 Å². The van der Waals surface area contributed by atoms with Crippen LogP contribution in [-0.2, 0) is 4.79 Å². The molecule has 0 fully saturated rings. The largest absolute Gasteiger partial charge is 0.497 e. The Hall–Kier alpha value is -3.42. The summed E-state index contributed by atoms with van der Waals surface area (Å²) in [4.78, 5) is 12.0. The first-order valence-electron chi connectivity index (χ1n) is 8.11. The van der Waals surface area contributed by atoms with Crippen LogP contribution < -0.4 is 29.7 Å². The molecule has 0 unspecified atom stereocenters. The van der Waals surface area contributed by atoms with Crippen molar-refractivity contribution >= 4 is 17.8 Å². The number of carbonyl (C=O) groups is 1. The molecule has 0 saturated heterocycles. The zero-order chi connectivity index (χ0) is 19.6. The van der Waals surface area contributed by atoms with E-state index in [2.05, 4.69) is 15.8 Å². The number of carbonyl (C=O) groups excluding carboxylic acids is 1. The number of anilines is 1. The molecule has 0 radical (unpaired) electrons. The maximum absolute atomic E-state index is 12.0. The Morgan fingerprint density at radius 1 is 0.963 bits per heavy atom. The summed E-state index contributed by atoms with van der Waals surface area (Å²) in [5.74, 6) is 2.02. The fourth-order valence-electron chi connectivity index (χ4n) is 2.28. The quantitative estimate of drug-likeness (QED) is 0.518. The highest BCUT2D eigenvalue weighted by Crippen LogP contribution is 2.32. The average Bonchev–Trinajstić information content (AvgIpc) is 2.72. The van der Waals surface area contributed by atoms with Gasteiger partial charge in [-0.2, -0.15) is 5.10 Å². The van der Waals surface area contributed by atoms with Gasteiger partial charge in [0, 0.05) is 23.9 Å². The number of hydrazone groups is 1. The van der Waals surface area contributed by atoms with Crippen molar-refractivity contribution in [3.8, 4) is 23.0 Å². The third-order valence-electron chi connectivity index (χ3n) is 3.66. The molecule has 2 aromatic rings. The number of nitrogens with zero attached hydrogens (tertiary/aromatic N) is 1. The van der Waals surface area contributed by atoms with Crippen LogP contribution in [0.25, 0.3) is 0 Å². The predicted octanol–water partition coefficient (Wildman–Crippen LogP) is 2.28. The zero-order valence-corrected chi connectivity index (χ0v) is 15.7. The molecular formula is C19H23N3O5. The number of hydrogen-bond acceptors (Lipinski definition) is 7. The van der Waals surface area contributed by atoms with Crippen molar-refractivity contribution in [3.63, 3.8) is 0 Å². The molecule has 0 saturated carbocycles. The number of methoxy groups -OCH3 is 4. The summed E-state index contributed by atoms with van der Waals surface area (Å²) in [6.45, 7) is 0.0569. The molecule has 0 bridgehead atoms. The lowest BCUT2D eigenvalue weighted by Crippen LogP contribution is -2.25. The smallest absolute Gasteiger partial charge is 0.259 e. The minimum absolute atomic E-state index is 0.0569. The third-order valence-corrected chi connectivity index (χ3v) is 3.66.